The summed E-state index contributed by atoms with van der Waals surface area (Å²) in [7, 11) is 0. The highest BCUT2D eigenvalue weighted by Gasteiger charge is 2.13. The molecule has 0 fully saturated rings. The third-order valence-electron chi connectivity index (χ3n) is 2.26. The lowest BCUT2D eigenvalue weighted by atomic mass is 10.1. The van der Waals surface area contributed by atoms with Crippen molar-refractivity contribution in [2.75, 3.05) is 6.61 Å². The zero-order valence-corrected chi connectivity index (χ0v) is 13.4. The van der Waals surface area contributed by atoms with Crippen molar-refractivity contribution in [2.24, 2.45) is 0 Å². The van der Waals surface area contributed by atoms with Gasteiger partial charge in [-0.25, -0.2) is 0 Å². The molecule has 4 heteroatoms. The molecule has 0 amide bonds. The molecule has 2 nitrogen and oxygen atoms in total. The molecule has 0 aliphatic carbocycles. The number of rotatable bonds is 5. The molecule has 0 aromatic heterocycles. The van der Waals surface area contributed by atoms with Gasteiger partial charge < -0.3 is 10.1 Å². The Morgan fingerprint density at radius 3 is 2.67 bits per heavy atom. The van der Waals surface area contributed by atoms with Crippen molar-refractivity contribution >= 4 is 27.5 Å². The third-order valence-corrected chi connectivity index (χ3v) is 2.84. The summed E-state index contributed by atoms with van der Waals surface area (Å²) in [6, 6.07) is 5.67. The molecule has 0 saturated heterocycles. The van der Waals surface area contributed by atoms with Crippen molar-refractivity contribution in [3.8, 4) is 5.75 Å². The maximum Gasteiger partial charge on any atom is 0.125 e. The molecule has 0 unspecified atom stereocenters. The standard InChI is InChI=1S/C14H19BrClNO/c1-10(15)9-18-13-7-5-6-12(16)11(13)8-17-14(2,3)4/h5-7,17H,1,8-9H2,2-4H3. The second-order valence-electron chi connectivity index (χ2n) is 5.13. The molecule has 1 N–H and O–H groups in total. The Labute approximate surface area is 122 Å². The minimum atomic E-state index is 0.0372. The molecule has 1 aromatic carbocycles. The fourth-order valence-electron chi connectivity index (χ4n) is 1.36. The predicted octanol–water partition coefficient (Wildman–Crippen LogP) is 4.52. The van der Waals surface area contributed by atoms with E-state index in [0.717, 1.165) is 15.8 Å². The summed E-state index contributed by atoms with van der Waals surface area (Å²) in [4.78, 5) is 0. The van der Waals surface area contributed by atoms with Crippen LogP contribution in [0.2, 0.25) is 5.02 Å². The van der Waals surface area contributed by atoms with Gasteiger partial charge in [0, 0.05) is 27.2 Å². The van der Waals surface area contributed by atoms with Crippen LogP contribution in [0.1, 0.15) is 26.3 Å². The number of hydrogen-bond acceptors (Lipinski definition) is 2. The highest BCUT2D eigenvalue weighted by molar-refractivity contribution is 9.11. The fraction of sp³-hybridized carbons (Fsp3) is 0.429. The third kappa shape index (κ3) is 5.42. The van der Waals surface area contributed by atoms with Crippen LogP contribution in [0.4, 0.5) is 0 Å². The van der Waals surface area contributed by atoms with E-state index < -0.39 is 0 Å². The van der Waals surface area contributed by atoms with E-state index in [1.54, 1.807) is 0 Å². The SMILES string of the molecule is C=C(Br)COc1cccc(Cl)c1CNC(C)(C)C. The summed E-state index contributed by atoms with van der Waals surface area (Å²) in [5.74, 6) is 0.792. The van der Waals surface area contributed by atoms with Gasteiger partial charge in [0.1, 0.15) is 12.4 Å². The summed E-state index contributed by atoms with van der Waals surface area (Å²) >= 11 is 9.50. The number of hydrogen-bond donors (Lipinski definition) is 1. The predicted molar refractivity (Wildman–Crippen MR) is 81.6 cm³/mol. The molecular weight excluding hydrogens is 314 g/mol. The molecule has 0 bridgehead atoms. The second kappa shape index (κ2) is 6.60. The van der Waals surface area contributed by atoms with Gasteiger partial charge in [-0.2, -0.15) is 0 Å². The van der Waals surface area contributed by atoms with Gasteiger partial charge in [-0.3, -0.25) is 0 Å². The summed E-state index contributed by atoms with van der Waals surface area (Å²) in [6.07, 6.45) is 0. The van der Waals surface area contributed by atoms with Crippen LogP contribution in [-0.4, -0.2) is 12.1 Å². The Balaban J connectivity index is 2.83. The summed E-state index contributed by atoms with van der Waals surface area (Å²) in [6.45, 7) is 11.2. The first-order valence-electron chi connectivity index (χ1n) is 5.78. The molecule has 1 aromatic rings. The van der Waals surface area contributed by atoms with Gasteiger partial charge in [0.05, 0.1) is 0 Å². The van der Waals surface area contributed by atoms with Crippen LogP contribution >= 0.6 is 27.5 Å². The van der Waals surface area contributed by atoms with Gasteiger partial charge in [0.15, 0.2) is 0 Å². The van der Waals surface area contributed by atoms with Crippen molar-refractivity contribution in [2.45, 2.75) is 32.9 Å². The highest BCUT2D eigenvalue weighted by atomic mass is 79.9. The summed E-state index contributed by atoms with van der Waals surface area (Å²) in [5.41, 5.74) is 1.01. The van der Waals surface area contributed by atoms with Crippen LogP contribution in [-0.2, 0) is 6.54 Å². The van der Waals surface area contributed by atoms with E-state index >= 15 is 0 Å². The van der Waals surface area contributed by atoms with E-state index in [1.165, 1.54) is 0 Å². The molecule has 0 spiro atoms. The van der Waals surface area contributed by atoms with Crippen molar-refractivity contribution in [1.82, 2.24) is 5.32 Å². The van der Waals surface area contributed by atoms with Gasteiger partial charge in [-0.05, 0) is 32.9 Å². The lowest BCUT2D eigenvalue weighted by Gasteiger charge is -2.22. The Morgan fingerprint density at radius 2 is 2.11 bits per heavy atom. The minimum Gasteiger partial charge on any atom is -0.488 e. The topological polar surface area (TPSA) is 21.3 Å². The monoisotopic (exact) mass is 331 g/mol. The largest absolute Gasteiger partial charge is 0.488 e. The maximum atomic E-state index is 6.22. The van der Waals surface area contributed by atoms with E-state index in [9.17, 15) is 0 Å². The Hall–Kier alpha value is -0.510. The van der Waals surface area contributed by atoms with Crippen LogP contribution in [0.15, 0.2) is 29.3 Å². The van der Waals surface area contributed by atoms with E-state index in [-0.39, 0.29) is 5.54 Å². The molecule has 0 heterocycles. The van der Waals surface area contributed by atoms with Crippen LogP contribution in [0.25, 0.3) is 0 Å². The van der Waals surface area contributed by atoms with E-state index in [0.29, 0.717) is 18.2 Å². The highest BCUT2D eigenvalue weighted by Crippen LogP contribution is 2.27. The number of ether oxygens (including phenoxy) is 1. The van der Waals surface area contributed by atoms with E-state index in [4.69, 9.17) is 16.3 Å². The second-order valence-corrected chi connectivity index (χ2v) is 6.65. The first kappa shape index (κ1) is 15.5. The average molecular weight is 333 g/mol. The maximum absolute atomic E-state index is 6.22. The molecule has 18 heavy (non-hydrogen) atoms. The van der Waals surface area contributed by atoms with Crippen LogP contribution < -0.4 is 10.1 Å². The van der Waals surface area contributed by atoms with E-state index in [1.807, 2.05) is 18.2 Å². The number of halogens is 2. The smallest absolute Gasteiger partial charge is 0.125 e. The van der Waals surface area contributed by atoms with Crippen molar-refractivity contribution in [3.63, 3.8) is 0 Å². The fourth-order valence-corrected chi connectivity index (χ4v) is 1.70. The lowest BCUT2D eigenvalue weighted by Crippen LogP contribution is -2.35. The Kier molecular flexibility index (Phi) is 5.70. The first-order chi connectivity index (χ1) is 8.29. The van der Waals surface area contributed by atoms with Gasteiger partial charge in [0.2, 0.25) is 0 Å². The average Bonchev–Trinajstić information content (AvgIpc) is 2.23. The normalized spacial score (nSPS) is 11.4. The van der Waals surface area contributed by atoms with Gasteiger partial charge in [0.25, 0.3) is 0 Å². The van der Waals surface area contributed by atoms with Gasteiger partial charge >= 0.3 is 0 Å². The molecule has 1 rings (SSSR count). The lowest BCUT2D eigenvalue weighted by molar-refractivity contribution is 0.351. The molecule has 0 aliphatic heterocycles. The molecular formula is C14H19BrClNO. The van der Waals surface area contributed by atoms with Crippen LogP contribution in [0.3, 0.4) is 0 Å². The Bertz CT molecular complexity index is 426. The molecule has 100 valence electrons. The molecule has 0 aliphatic rings. The molecule has 0 radical (unpaired) electrons. The summed E-state index contributed by atoms with van der Waals surface area (Å²) in [5, 5.41) is 4.12. The zero-order valence-electron chi connectivity index (χ0n) is 11.0. The number of benzene rings is 1. The zero-order chi connectivity index (χ0) is 13.8. The number of nitrogens with one attached hydrogen (secondary N) is 1. The van der Waals surface area contributed by atoms with Crippen molar-refractivity contribution in [1.29, 1.82) is 0 Å². The van der Waals surface area contributed by atoms with Crippen molar-refractivity contribution < 1.29 is 4.74 Å². The Morgan fingerprint density at radius 1 is 1.44 bits per heavy atom. The van der Waals surface area contributed by atoms with Crippen LogP contribution in [0.5, 0.6) is 5.75 Å². The van der Waals surface area contributed by atoms with Gasteiger partial charge in [-0.15, -0.1) is 0 Å². The first-order valence-corrected chi connectivity index (χ1v) is 6.95. The minimum absolute atomic E-state index is 0.0372. The quantitative estimate of drug-likeness (QED) is 0.856. The molecule has 0 atom stereocenters. The van der Waals surface area contributed by atoms with E-state index in [2.05, 4.69) is 48.6 Å². The van der Waals surface area contributed by atoms with Crippen LogP contribution in [0, 0.1) is 0 Å². The summed E-state index contributed by atoms with van der Waals surface area (Å²) < 4.78 is 6.48. The molecule has 0 saturated carbocycles. The van der Waals surface area contributed by atoms with Crippen molar-refractivity contribution in [3.05, 3.63) is 39.8 Å². The van der Waals surface area contributed by atoms with Gasteiger partial charge in [-0.1, -0.05) is 40.2 Å².